The SMILES string of the molecule is COCO[C@@H]1[C@H]2OC(C)(C)O[C@H]2[C@@H](NOCc2ccccc2)[C@H](c2ccc3c(c2)OCO3)[C@H]1OCOC. The smallest absolute Gasteiger partial charge is 0.231 e. The molecule has 1 saturated carbocycles. The van der Waals surface area contributed by atoms with Crippen molar-refractivity contribution >= 4 is 0 Å². The molecule has 5 rings (SSSR count). The van der Waals surface area contributed by atoms with Crippen LogP contribution in [-0.2, 0) is 39.9 Å². The summed E-state index contributed by atoms with van der Waals surface area (Å²) in [5, 5.41) is 0. The molecule has 2 aromatic carbocycles. The van der Waals surface area contributed by atoms with Gasteiger partial charge in [0.15, 0.2) is 17.3 Å². The van der Waals surface area contributed by atoms with E-state index >= 15 is 0 Å². The molecule has 1 aliphatic carbocycles. The van der Waals surface area contributed by atoms with E-state index in [1.165, 1.54) is 0 Å². The Bertz CT molecular complexity index is 1020. The van der Waals surface area contributed by atoms with Gasteiger partial charge in [-0.1, -0.05) is 36.4 Å². The average molecular weight is 518 g/mol. The van der Waals surface area contributed by atoms with Gasteiger partial charge in [0.05, 0.1) is 18.8 Å². The number of methoxy groups -OCH3 is 2. The molecule has 10 heteroatoms. The van der Waals surface area contributed by atoms with E-state index in [4.69, 9.17) is 42.7 Å². The molecular weight excluding hydrogens is 482 g/mol. The molecular formula is C27H35NO9. The van der Waals surface area contributed by atoms with E-state index in [0.717, 1.165) is 11.1 Å². The molecule has 0 aromatic heterocycles. The van der Waals surface area contributed by atoms with Gasteiger partial charge in [-0.05, 0) is 37.1 Å². The van der Waals surface area contributed by atoms with Gasteiger partial charge in [-0.2, -0.15) is 5.48 Å². The van der Waals surface area contributed by atoms with Gasteiger partial charge < -0.3 is 37.9 Å². The first-order valence-electron chi connectivity index (χ1n) is 12.4. The number of hydrogen-bond donors (Lipinski definition) is 1. The van der Waals surface area contributed by atoms with E-state index in [1.807, 2.05) is 62.4 Å². The van der Waals surface area contributed by atoms with Gasteiger partial charge in [0, 0.05) is 20.1 Å². The summed E-state index contributed by atoms with van der Waals surface area (Å²) in [6.45, 7) is 4.48. The number of nitrogens with one attached hydrogen (secondary N) is 1. The molecule has 0 radical (unpaired) electrons. The van der Waals surface area contributed by atoms with Crippen molar-refractivity contribution < 1.29 is 42.7 Å². The van der Waals surface area contributed by atoms with Crippen molar-refractivity contribution in [3.05, 3.63) is 59.7 Å². The number of rotatable bonds is 11. The molecule has 2 heterocycles. The van der Waals surface area contributed by atoms with Gasteiger partial charge in [-0.15, -0.1) is 0 Å². The second-order valence-electron chi connectivity index (χ2n) is 9.70. The molecule has 37 heavy (non-hydrogen) atoms. The third kappa shape index (κ3) is 5.76. The highest BCUT2D eigenvalue weighted by molar-refractivity contribution is 5.46. The quantitative estimate of drug-likeness (QED) is 0.354. The maximum absolute atomic E-state index is 6.45. The number of benzene rings is 2. The van der Waals surface area contributed by atoms with E-state index < -0.39 is 30.2 Å². The second-order valence-corrected chi connectivity index (χ2v) is 9.70. The zero-order valence-corrected chi connectivity index (χ0v) is 21.6. The van der Waals surface area contributed by atoms with Crippen LogP contribution in [0, 0.1) is 0 Å². The van der Waals surface area contributed by atoms with Gasteiger partial charge in [0.2, 0.25) is 6.79 Å². The summed E-state index contributed by atoms with van der Waals surface area (Å²) in [5.74, 6) is 0.248. The van der Waals surface area contributed by atoms with Crippen molar-refractivity contribution in [2.75, 3.05) is 34.6 Å². The molecule has 10 nitrogen and oxygen atoms in total. The fraction of sp³-hybridized carbons (Fsp3) is 0.556. The third-order valence-electron chi connectivity index (χ3n) is 6.75. The Morgan fingerprint density at radius 2 is 1.57 bits per heavy atom. The number of fused-ring (bicyclic) bond motifs is 2. The Morgan fingerprint density at radius 3 is 2.32 bits per heavy atom. The van der Waals surface area contributed by atoms with E-state index in [1.54, 1.807) is 14.2 Å². The summed E-state index contributed by atoms with van der Waals surface area (Å²) in [6.07, 6.45) is -1.86. The molecule has 6 atom stereocenters. The monoisotopic (exact) mass is 517 g/mol. The Hall–Kier alpha value is -2.28. The van der Waals surface area contributed by atoms with Crippen molar-refractivity contribution in [2.24, 2.45) is 0 Å². The van der Waals surface area contributed by atoms with E-state index in [2.05, 4.69) is 5.48 Å². The van der Waals surface area contributed by atoms with Crippen LogP contribution in [0.25, 0.3) is 0 Å². The van der Waals surface area contributed by atoms with E-state index in [9.17, 15) is 0 Å². The molecule has 0 bridgehead atoms. The predicted molar refractivity (Wildman–Crippen MR) is 131 cm³/mol. The lowest BCUT2D eigenvalue weighted by molar-refractivity contribution is -0.222. The Morgan fingerprint density at radius 1 is 0.865 bits per heavy atom. The van der Waals surface area contributed by atoms with Crippen molar-refractivity contribution in [1.82, 2.24) is 5.48 Å². The van der Waals surface area contributed by atoms with Gasteiger partial charge in [-0.25, -0.2) is 0 Å². The molecule has 2 aliphatic heterocycles. The largest absolute Gasteiger partial charge is 0.454 e. The van der Waals surface area contributed by atoms with Gasteiger partial charge >= 0.3 is 0 Å². The first kappa shape index (κ1) is 26.3. The topological polar surface area (TPSA) is 95.1 Å². The molecule has 1 N–H and O–H groups in total. The van der Waals surface area contributed by atoms with Gasteiger partial charge in [0.1, 0.15) is 31.9 Å². The van der Waals surface area contributed by atoms with Crippen LogP contribution in [0.4, 0.5) is 0 Å². The zero-order valence-electron chi connectivity index (χ0n) is 21.6. The minimum absolute atomic E-state index is 0.0673. The van der Waals surface area contributed by atoms with Crippen molar-refractivity contribution in [2.45, 2.75) is 62.6 Å². The molecule has 202 valence electrons. The molecule has 0 spiro atoms. The minimum atomic E-state index is -0.834. The average Bonchev–Trinajstić information content (AvgIpc) is 3.50. The first-order chi connectivity index (χ1) is 18.0. The first-order valence-corrected chi connectivity index (χ1v) is 12.4. The highest BCUT2D eigenvalue weighted by Gasteiger charge is 2.60. The summed E-state index contributed by atoms with van der Waals surface area (Å²) < 4.78 is 47.1. The summed E-state index contributed by atoms with van der Waals surface area (Å²) >= 11 is 0. The van der Waals surface area contributed by atoms with Crippen LogP contribution in [0.2, 0.25) is 0 Å². The Kier molecular flexibility index (Phi) is 8.28. The predicted octanol–water partition coefficient (Wildman–Crippen LogP) is 3.10. The van der Waals surface area contributed by atoms with Crippen LogP contribution in [0.3, 0.4) is 0 Å². The zero-order chi connectivity index (χ0) is 25.8. The number of hydrogen-bond acceptors (Lipinski definition) is 10. The maximum atomic E-state index is 6.45. The molecule has 2 aromatic rings. The van der Waals surface area contributed by atoms with Crippen LogP contribution < -0.4 is 15.0 Å². The Labute approximate surface area is 216 Å². The summed E-state index contributed by atoms with van der Waals surface area (Å²) in [4.78, 5) is 6.06. The van der Waals surface area contributed by atoms with Crippen LogP contribution in [0.5, 0.6) is 11.5 Å². The lowest BCUT2D eigenvalue weighted by Crippen LogP contribution is -2.64. The van der Waals surface area contributed by atoms with Crippen molar-refractivity contribution in [3.63, 3.8) is 0 Å². The highest BCUT2D eigenvalue weighted by Crippen LogP contribution is 2.47. The molecule has 2 fully saturated rings. The molecule has 0 unspecified atom stereocenters. The van der Waals surface area contributed by atoms with Crippen LogP contribution >= 0.6 is 0 Å². The van der Waals surface area contributed by atoms with Crippen LogP contribution in [0.1, 0.15) is 30.9 Å². The lowest BCUT2D eigenvalue weighted by Gasteiger charge is -2.47. The van der Waals surface area contributed by atoms with Crippen LogP contribution in [-0.4, -0.2) is 70.8 Å². The third-order valence-corrected chi connectivity index (χ3v) is 6.75. The fourth-order valence-electron chi connectivity index (χ4n) is 5.28. The lowest BCUT2D eigenvalue weighted by atomic mass is 9.73. The minimum Gasteiger partial charge on any atom is -0.454 e. The maximum Gasteiger partial charge on any atom is 0.231 e. The number of hydroxylamine groups is 1. The van der Waals surface area contributed by atoms with E-state index in [-0.39, 0.29) is 32.3 Å². The highest BCUT2D eigenvalue weighted by atomic mass is 16.8. The summed E-state index contributed by atoms with van der Waals surface area (Å²) in [7, 11) is 3.17. The second kappa shape index (κ2) is 11.6. The van der Waals surface area contributed by atoms with Crippen molar-refractivity contribution in [3.8, 4) is 11.5 Å². The van der Waals surface area contributed by atoms with Crippen molar-refractivity contribution in [1.29, 1.82) is 0 Å². The van der Waals surface area contributed by atoms with Gasteiger partial charge in [0.25, 0.3) is 0 Å². The molecule has 0 amide bonds. The summed E-state index contributed by atoms with van der Waals surface area (Å²) in [6, 6.07) is 15.5. The standard InChI is InChI=1S/C27H35NO9/c1-27(2)36-24-22(28-35-13-17-8-6-5-7-9-17)21(18-10-11-19-20(12-18)32-16-31-19)23(33-14-29-3)25(26(24)37-27)34-15-30-4/h5-12,21-26,28H,13-16H2,1-4H3/t21-,22-,23+,24-,25-,26-/m0/s1. The van der Waals surface area contributed by atoms with Crippen LogP contribution in [0.15, 0.2) is 48.5 Å². The molecule has 3 aliphatic rings. The van der Waals surface area contributed by atoms with Gasteiger partial charge in [-0.3, -0.25) is 4.84 Å². The fourth-order valence-corrected chi connectivity index (χ4v) is 5.28. The molecule has 1 saturated heterocycles. The Balaban J connectivity index is 1.51. The summed E-state index contributed by atoms with van der Waals surface area (Å²) in [5.41, 5.74) is 5.28. The normalized spacial score (nSPS) is 29.8. The van der Waals surface area contributed by atoms with E-state index in [0.29, 0.717) is 18.1 Å². The number of ether oxygens (including phenoxy) is 8.